The first-order chi connectivity index (χ1) is 8.68. The number of carboxylic acids is 2. The molecule has 0 aromatic rings. The topological polar surface area (TPSA) is 147 Å². The van der Waals surface area contributed by atoms with Crippen molar-refractivity contribution >= 4 is 27.9 Å². The lowest BCUT2D eigenvalue weighted by atomic mass is 10.2. The van der Waals surface area contributed by atoms with Gasteiger partial charge in [0, 0.05) is 0 Å². The molecule has 3 N–H and O–H groups in total. The number of carbonyl (C=O) groups is 3. The van der Waals surface area contributed by atoms with E-state index in [0.29, 0.717) is 0 Å². The molecule has 0 radical (unpaired) electrons. The van der Waals surface area contributed by atoms with Gasteiger partial charge in [0.2, 0.25) is 10.0 Å². The number of ether oxygens (including phenoxy) is 1. The van der Waals surface area contributed by atoms with Crippen molar-refractivity contribution in [3.8, 4) is 0 Å². The molecule has 0 bridgehead atoms. The molecule has 0 saturated heterocycles. The van der Waals surface area contributed by atoms with Gasteiger partial charge in [0.1, 0.15) is 6.04 Å². The van der Waals surface area contributed by atoms with Gasteiger partial charge in [-0.3, -0.25) is 14.4 Å². The predicted molar refractivity (Wildman–Crippen MR) is 61.8 cm³/mol. The van der Waals surface area contributed by atoms with Gasteiger partial charge in [-0.1, -0.05) is 0 Å². The van der Waals surface area contributed by atoms with Gasteiger partial charge in [-0.15, -0.1) is 0 Å². The van der Waals surface area contributed by atoms with Crippen molar-refractivity contribution in [1.29, 1.82) is 0 Å². The Hall–Kier alpha value is -1.68. The Bertz CT molecular complexity index is 443. The Morgan fingerprint density at radius 2 is 1.84 bits per heavy atom. The molecule has 1 atom stereocenters. The molecular formula is C9H15NO8S. The summed E-state index contributed by atoms with van der Waals surface area (Å²) in [6.45, 7) is 1.65. The summed E-state index contributed by atoms with van der Waals surface area (Å²) in [5.74, 6) is -4.48. The normalized spacial score (nSPS) is 12.7. The first-order valence-electron chi connectivity index (χ1n) is 5.28. The number of esters is 1. The van der Waals surface area contributed by atoms with Crippen LogP contribution in [0, 0.1) is 0 Å². The molecule has 0 aliphatic rings. The zero-order valence-electron chi connectivity index (χ0n) is 10.2. The second-order valence-corrected chi connectivity index (χ2v) is 5.35. The summed E-state index contributed by atoms with van der Waals surface area (Å²) < 4.78 is 29.1. The third-order valence-electron chi connectivity index (χ3n) is 1.88. The van der Waals surface area contributed by atoms with Crippen LogP contribution in [0.3, 0.4) is 0 Å². The summed E-state index contributed by atoms with van der Waals surface area (Å²) in [6, 6.07) is -1.77. The van der Waals surface area contributed by atoms with Crippen LogP contribution in [0.2, 0.25) is 0 Å². The van der Waals surface area contributed by atoms with Crippen LogP contribution in [0.15, 0.2) is 0 Å². The van der Waals surface area contributed by atoms with Crippen molar-refractivity contribution in [3.63, 3.8) is 0 Å². The predicted octanol–water partition coefficient (Wildman–Crippen LogP) is -1.21. The third kappa shape index (κ3) is 8.11. The van der Waals surface area contributed by atoms with Crippen LogP contribution in [0.4, 0.5) is 0 Å². The zero-order valence-corrected chi connectivity index (χ0v) is 11.0. The van der Waals surface area contributed by atoms with Crippen LogP contribution in [-0.2, 0) is 29.1 Å². The van der Waals surface area contributed by atoms with Crippen LogP contribution in [-0.4, -0.2) is 54.9 Å². The molecule has 0 fully saturated rings. The number of nitrogens with one attached hydrogen (secondary N) is 1. The van der Waals surface area contributed by atoms with Gasteiger partial charge in [0.15, 0.2) is 0 Å². The van der Waals surface area contributed by atoms with Crippen LogP contribution in [0.1, 0.15) is 19.8 Å². The zero-order chi connectivity index (χ0) is 15.1. The maximum atomic E-state index is 11.5. The smallest absolute Gasteiger partial charge is 0.322 e. The van der Waals surface area contributed by atoms with E-state index in [2.05, 4.69) is 4.74 Å². The highest BCUT2D eigenvalue weighted by Gasteiger charge is 2.26. The van der Waals surface area contributed by atoms with Crippen LogP contribution in [0.5, 0.6) is 0 Å². The first-order valence-corrected chi connectivity index (χ1v) is 6.93. The van der Waals surface area contributed by atoms with E-state index in [0.717, 1.165) is 0 Å². The minimum Gasteiger partial charge on any atom is -0.481 e. The van der Waals surface area contributed by atoms with E-state index in [-0.39, 0.29) is 6.61 Å². The lowest BCUT2D eigenvalue weighted by Gasteiger charge is -2.12. The van der Waals surface area contributed by atoms with E-state index in [1.165, 1.54) is 0 Å². The van der Waals surface area contributed by atoms with E-state index >= 15 is 0 Å². The Balaban J connectivity index is 4.51. The second kappa shape index (κ2) is 7.69. The Morgan fingerprint density at radius 1 is 1.26 bits per heavy atom. The fourth-order valence-corrected chi connectivity index (χ4v) is 2.25. The van der Waals surface area contributed by atoms with E-state index in [1.807, 2.05) is 0 Å². The highest BCUT2D eigenvalue weighted by atomic mass is 32.2. The average Bonchev–Trinajstić information content (AvgIpc) is 2.25. The Morgan fingerprint density at radius 3 is 2.26 bits per heavy atom. The van der Waals surface area contributed by atoms with E-state index in [4.69, 9.17) is 10.2 Å². The molecule has 0 saturated carbocycles. The van der Waals surface area contributed by atoms with E-state index < -0.39 is 52.6 Å². The molecule has 0 heterocycles. The summed E-state index contributed by atoms with van der Waals surface area (Å²) in [5.41, 5.74) is 0. The second-order valence-electron chi connectivity index (χ2n) is 3.48. The van der Waals surface area contributed by atoms with Gasteiger partial charge >= 0.3 is 17.9 Å². The summed E-state index contributed by atoms with van der Waals surface area (Å²) in [5, 5.41) is 17.1. The van der Waals surface area contributed by atoms with Gasteiger partial charge in [0.25, 0.3) is 0 Å². The summed E-state index contributed by atoms with van der Waals surface area (Å²) in [6.07, 6.45) is -1.34. The fourth-order valence-electron chi connectivity index (χ4n) is 1.08. The largest absolute Gasteiger partial charge is 0.481 e. The molecule has 0 aliphatic heterocycles. The molecule has 0 aromatic heterocycles. The minimum absolute atomic E-state index is 0.100. The number of rotatable bonds is 9. The van der Waals surface area contributed by atoms with Crippen molar-refractivity contribution in [2.24, 2.45) is 0 Å². The van der Waals surface area contributed by atoms with E-state index in [1.54, 1.807) is 11.6 Å². The van der Waals surface area contributed by atoms with Crippen LogP contribution < -0.4 is 4.72 Å². The van der Waals surface area contributed by atoms with Crippen LogP contribution >= 0.6 is 0 Å². The molecule has 110 valence electrons. The van der Waals surface area contributed by atoms with Gasteiger partial charge in [-0.2, -0.15) is 0 Å². The molecule has 9 nitrogen and oxygen atoms in total. The molecule has 0 aromatic carbocycles. The standard InChI is InChI=1S/C9H15NO8S/c1-2-18-8(13)3-4-19(16,17)10-6(9(14)15)5-7(11)12/h6,10H,2-5H2,1H3,(H,11,12)(H,14,15). The lowest BCUT2D eigenvalue weighted by molar-refractivity contribution is -0.145. The van der Waals surface area contributed by atoms with Crippen molar-refractivity contribution in [2.45, 2.75) is 25.8 Å². The van der Waals surface area contributed by atoms with Gasteiger partial charge in [0.05, 0.1) is 25.2 Å². The number of hydrogen-bond acceptors (Lipinski definition) is 6. The molecule has 10 heteroatoms. The van der Waals surface area contributed by atoms with Crippen molar-refractivity contribution < 1.29 is 37.8 Å². The third-order valence-corrected chi connectivity index (χ3v) is 3.26. The van der Waals surface area contributed by atoms with Gasteiger partial charge in [-0.05, 0) is 6.92 Å². The monoisotopic (exact) mass is 297 g/mol. The number of sulfonamides is 1. The maximum absolute atomic E-state index is 11.5. The molecule has 0 spiro atoms. The summed E-state index contributed by atoms with van der Waals surface area (Å²) in [4.78, 5) is 32.0. The molecule has 1 unspecified atom stereocenters. The maximum Gasteiger partial charge on any atom is 0.322 e. The highest BCUT2D eigenvalue weighted by molar-refractivity contribution is 7.89. The number of aliphatic carboxylic acids is 2. The first kappa shape index (κ1) is 17.3. The van der Waals surface area contributed by atoms with Crippen molar-refractivity contribution in [3.05, 3.63) is 0 Å². The fraction of sp³-hybridized carbons (Fsp3) is 0.667. The van der Waals surface area contributed by atoms with Crippen molar-refractivity contribution in [2.75, 3.05) is 12.4 Å². The minimum atomic E-state index is -4.08. The number of carboxylic acid groups (broad SMARTS) is 2. The molecule has 0 amide bonds. The highest BCUT2D eigenvalue weighted by Crippen LogP contribution is 1.99. The summed E-state index contributed by atoms with van der Waals surface area (Å²) in [7, 11) is -4.08. The van der Waals surface area contributed by atoms with Crippen LogP contribution in [0.25, 0.3) is 0 Å². The Kier molecular flexibility index (Phi) is 7.01. The molecular weight excluding hydrogens is 282 g/mol. The molecule has 0 rings (SSSR count). The van der Waals surface area contributed by atoms with E-state index in [9.17, 15) is 22.8 Å². The molecule has 19 heavy (non-hydrogen) atoms. The number of hydrogen-bond donors (Lipinski definition) is 3. The number of carbonyl (C=O) groups excluding carboxylic acids is 1. The van der Waals surface area contributed by atoms with Crippen molar-refractivity contribution in [1.82, 2.24) is 4.72 Å². The van der Waals surface area contributed by atoms with Gasteiger partial charge in [-0.25, -0.2) is 13.1 Å². The summed E-state index contributed by atoms with van der Waals surface area (Å²) >= 11 is 0. The quantitative estimate of drug-likeness (QED) is 0.449. The molecule has 0 aliphatic carbocycles. The SMILES string of the molecule is CCOC(=O)CCS(=O)(=O)NC(CC(=O)O)C(=O)O. The Labute approximate surface area is 109 Å². The van der Waals surface area contributed by atoms with Gasteiger partial charge < -0.3 is 14.9 Å². The average molecular weight is 297 g/mol. The lowest BCUT2D eigenvalue weighted by Crippen LogP contribution is -2.43.